The topological polar surface area (TPSA) is 50.2 Å². The number of rotatable bonds is 6. The number of benzene rings is 1. The molecule has 5 heteroatoms. The van der Waals surface area contributed by atoms with Crippen LogP contribution >= 0.6 is 0 Å². The molecule has 2 heterocycles. The van der Waals surface area contributed by atoms with Crippen LogP contribution in [0.15, 0.2) is 36.9 Å². The van der Waals surface area contributed by atoms with Crippen molar-refractivity contribution in [3.8, 4) is 0 Å². The fraction of sp³-hybridized carbons (Fsp3) is 0.500. The largest absolute Gasteiger partial charge is 0.356 e. The van der Waals surface area contributed by atoms with E-state index in [0.29, 0.717) is 0 Å². The Hall–Kier alpha value is -2.30. The van der Waals surface area contributed by atoms with Gasteiger partial charge in [0.05, 0.1) is 11.0 Å². The summed E-state index contributed by atoms with van der Waals surface area (Å²) < 4.78 is 2.22. The van der Waals surface area contributed by atoms with Gasteiger partial charge in [-0.15, -0.1) is 6.58 Å². The first-order chi connectivity index (χ1) is 12.3. The number of nitrogens with one attached hydrogen (secondary N) is 1. The zero-order chi connectivity index (χ0) is 17.2. The highest BCUT2D eigenvalue weighted by molar-refractivity contribution is 5.80. The van der Waals surface area contributed by atoms with E-state index in [9.17, 15) is 4.79 Å². The third kappa shape index (κ3) is 3.41. The van der Waals surface area contributed by atoms with Crippen LogP contribution in [0.5, 0.6) is 0 Å². The summed E-state index contributed by atoms with van der Waals surface area (Å²) in [6.45, 7) is 7.25. The van der Waals surface area contributed by atoms with E-state index in [1.165, 1.54) is 12.8 Å². The van der Waals surface area contributed by atoms with Crippen LogP contribution in [0.25, 0.3) is 11.0 Å². The fourth-order valence-electron chi connectivity index (χ4n) is 3.67. The van der Waals surface area contributed by atoms with Gasteiger partial charge in [0.15, 0.2) is 0 Å². The molecule has 2 aliphatic rings. The number of piperidine rings is 1. The van der Waals surface area contributed by atoms with Crippen molar-refractivity contribution in [2.45, 2.75) is 32.2 Å². The molecule has 1 aliphatic carbocycles. The summed E-state index contributed by atoms with van der Waals surface area (Å²) in [7, 11) is 0. The van der Waals surface area contributed by atoms with Gasteiger partial charge in [-0.05, 0) is 43.7 Å². The average Bonchev–Trinajstić information content (AvgIpc) is 3.41. The van der Waals surface area contributed by atoms with Crippen molar-refractivity contribution >= 4 is 22.9 Å². The molecule has 4 rings (SSSR count). The van der Waals surface area contributed by atoms with E-state index in [4.69, 9.17) is 4.98 Å². The highest BCUT2D eigenvalue weighted by atomic mass is 16.1. The number of imidazole rings is 1. The van der Waals surface area contributed by atoms with E-state index in [1.807, 2.05) is 18.2 Å². The normalized spacial score (nSPS) is 18.5. The standard InChI is InChI=1S/C20H26N4O/c1-2-11-24-18-6-4-3-5-17(18)22-20(24)23-12-9-16(10-13-23)19(25)21-14-15-7-8-15/h2-6,15-16H,1,7-14H2,(H,21,25). The van der Waals surface area contributed by atoms with Gasteiger partial charge in [-0.25, -0.2) is 4.98 Å². The van der Waals surface area contributed by atoms with Gasteiger partial charge >= 0.3 is 0 Å². The molecule has 1 aromatic heterocycles. The highest BCUT2D eigenvalue weighted by Crippen LogP contribution is 2.29. The molecule has 1 aliphatic heterocycles. The van der Waals surface area contributed by atoms with Gasteiger partial charge in [-0.2, -0.15) is 0 Å². The summed E-state index contributed by atoms with van der Waals surface area (Å²) in [6, 6.07) is 8.22. The van der Waals surface area contributed by atoms with Crippen molar-refractivity contribution in [2.24, 2.45) is 11.8 Å². The van der Waals surface area contributed by atoms with Crippen molar-refractivity contribution < 1.29 is 4.79 Å². The van der Waals surface area contributed by atoms with Crippen molar-refractivity contribution in [3.63, 3.8) is 0 Å². The predicted octanol–water partition coefficient (Wildman–Crippen LogP) is 2.96. The summed E-state index contributed by atoms with van der Waals surface area (Å²) in [4.78, 5) is 19.5. The van der Waals surface area contributed by atoms with E-state index in [2.05, 4.69) is 33.5 Å². The minimum Gasteiger partial charge on any atom is -0.356 e. The van der Waals surface area contributed by atoms with Crippen LogP contribution in [0.2, 0.25) is 0 Å². The van der Waals surface area contributed by atoms with Crippen LogP contribution in [-0.2, 0) is 11.3 Å². The molecule has 25 heavy (non-hydrogen) atoms. The summed E-state index contributed by atoms with van der Waals surface area (Å²) in [5.74, 6) is 2.12. The number of para-hydroxylation sites is 2. The number of aromatic nitrogens is 2. The Kier molecular flexibility index (Phi) is 4.47. The number of carbonyl (C=O) groups is 1. The first-order valence-corrected chi connectivity index (χ1v) is 9.35. The molecule has 1 saturated carbocycles. The lowest BCUT2D eigenvalue weighted by molar-refractivity contribution is -0.125. The van der Waals surface area contributed by atoms with Crippen LogP contribution < -0.4 is 10.2 Å². The highest BCUT2D eigenvalue weighted by Gasteiger charge is 2.29. The Bertz CT molecular complexity index is 769. The Morgan fingerprint density at radius 2 is 2.00 bits per heavy atom. The van der Waals surface area contributed by atoms with Crippen LogP contribution in [0, 0.1) is 11.8 Å². The molecule has 132 valence electrons. The zero-order valence-corrected chi connectivity index (χ0v) is 14.7. The summed E-state index contributed by atoms with van der Waals surface area (Å²) >= 11 is 0. The van der Waals surface area contributed by atoms with Crippen LogP contribution in [0.4, 0.5) is 5.95 Å². The molecule has 1 saturated heterocycles. The van der Waals surface area contributed by atoms with Crippen LogP contribution in [0.1, 0.15) is 25.7 Å². The first kappa shape index (κ1) is 16.2. The minimum absolute atomic E-state index is 0.146. The van der Waals surface area contributed by atoms with Gasteiger partial charge in [0.25, 0.3) is 0 Å². The number of nitrogens with zero attached hydrogens (tertiary/aromatic N) is 3. The monoisotopic (exact) mass is 338 g/mol. The SMILES string of the molecule is C=CCn1c(N2CCC(C(=O)NCC3CC3)CC2)nc2ccccc21. The van der Waals surface area contributed by atoms with E-state index in [-0.39, 0.29) is 11.8 Å². The minimum atomic E-state index is 0.146. The smallest absolute Gasteiger partial charge is 0.223 e. The lowest BCUT2D eigenvalue weighted by Crippen LogP contribution is -2.41. The Balaban J connectivity index is 1.44. The molecule has 1 aromatic carbocycles. The van der Waals surface area contributed by atoms with Gasteiger partial charge in [-0.1, -0.05) is 18.2 Å². The Morgan fingerprint density at radius 1 is 1.24 bits per heavy atom. The molecule has 0 spiro atoms. The van der Waals surface area contributed by atoms with E-state index < -0.39 is 0 Å². The maximum atomic E-state index is 12.3. The number of hydrogen-bond acceptors (Lipinski definition) is 3. The number of allylic oxidation sites excluding steroid dienone is 1. The van der Waals surface area contributed by atoms with Gasteiger partial charge in [0.1, 0.15) is 0 Å². The third-order valence-electron chi connectivity index (χ3n) is 5.36. The predicted molar refractivity (Wildman–Crippen MR) is 101 cm³/mol. The van der Waals surface area contributed by atoms with Crippen molar-refractivity contribution in [1.82, 2.24) is 14.9 Å². The van der Waals surface area contributed by atoms with Crippen LogP contribution in [-0.4, -0.2) is 35.1 Å². The van der Waals surface area contributed by atoms with Gasteiger partial charge in [0, 0.05) is 32.1 Å². The molecule has 0 radical (unpaired) electrons. The molecule has 0 unspecified atom stereocenters. The third-order valence-corrected chi connectivity index (χ3v) is 5.36. The Morgan fingerprint density at radius 3 is 2.72 bits per heavy atom. The maximum Gasteiger partial charge on any atom is 0.223 e. The number of hydrogen-bond donors (Lipinski definition) is 1. The van der Waals surface area contributed by atoms with E-state index in [0.717, 1.165) is 61.9 Å². The number of anilines is 1. The molecule has 2 aromatic rings. The Labute approximate surface area is 148 Å². The summed E-state index contributed by atoms with van der Waals surface area (Å²) in [5, 5.41) is 3.13. The fourth-order valence-corrected chi connectivity index (χ4v) is 3.67. The average molecular weight is 338 g/mol. The van der Waals surface area contributed by atoms with E-state index >= 15 is 0 Å². The van der Waals surface area contributed by atoms with Gasteiger partial charge < -0.3 is 14.8 Å². The number of amides is 1. The van der Waals surface area contributed by atoms with E-state index in [1.54, 1.807) is 0 Å². The van der Waals surface area contributed by atoms with Crippen molar-refractivity contribution in [1.29, 1.82) is 0 Å². The number of carbonyl (C=O) groups excluding carboxylic acids is 1. The van der Waals surface area contributed by atoms with Gasteiger partial charge in [-0.3, -0.25) is 4.79 Å². The quantitative estimate of drug-likeness (QED) is 0.824. The second kappa shape index (κ2) is 6.90. The molecule has 1 amide bonds. The number of fused-ring (bicyclic) bond motifs is 1. The molecule has 5 nitrogen and oxygen atoms in total. The lowest BCUT2D eigenvalue weighted by Gasteiger charge is -2.32. The molecule has 0 atom stereocenters. The molecule has 0 bridgehead atoms. The summed E-state index contributed by atoms with van der Waals surface area (Å²) in [5.41, 5.74) is 2.16. The lowest BCUT2D eigenvalue weighted by atomic mass is 9.96. The van der Waals surface area contributed by atoms with Crippen LogP contribution in [0.3, 0.4) is 0 Å². The molecule has 1 N–H and O–H groups in total. The summed E-state index contributed by atoms with van der Waals surface area (Å²) in [6.07, 6.45) is 6.26. The van der Waals surface area contributed by atoms with Gasteiger partial charge in [0.2, 0.25) is 11.9 Å². The maximum absolute atomic E-state index is 12.3. The second-order valence-corrected chi connectivity index (χ2v) is 7.25. The van der Waals surface area contributed by atoms with Crippen molar-refractivity contribution in [3.05, 3.63) is 36.9 Å². The molecule has 2 fully saturated rings. The zero-order valence-electron chi connectivity index (χ0n) is 14.7. The molecular formula is C20H26N4O. The first-order valence-electron chi connectivity index (χ1n) is 9.35. The second-order valence-electron chi connectivity index (χ2n) is 7.25. The van der Waals surface area contributed by atoms with Crippen molar-refractivity contribution in [2.75, 3.05) is 24.5 Å². The molecular weight excluding hydrogens is 312 g/mol.